The minimum Gasteiger partial charge on any atom is -0.364 e. The summed E-state index contributed by atoms with van der Waals surface area (Å²) in [5, 5.41) is 4.07. The lowest BCUT2D eigenvalue weighted by Gasteiger charge is -2.13. The van der Waals surface area contributed by atoms with Crippen LogP contribution in [0.25, 0.3) is 10.9 Å². The van der Waals surface area contributed by atoms with Gasteiger partial charge in [0.05, 0.1) is 11.6 Å². The van der Waals surface area contributed by atoms with E-state index in [-0.39, 0.29) is 42.9 Å². The Kier molecular flexibility index (Phi) is 8.42. The van der Waals surface area contributed by atoms with Gasteiger partial charge in [-0.15, -0.1) is 24.8 Å². The van der Waals surface area contributed by atoms with Crippen LogP contribution in [0, 0.1) is 0 Å². The molecule has 0 unspecified atom stereocenters. The highest BCUT2D eigenvalue weighted by atomic mass is 35.5. The molecule has 0 aliphatic carbocycles. The maximum Gasteiger partial charge on any atom is 0.249 e. The van der Waals surface area contributed by atoms with Gasteiger partial charge in [-0.1, -0.05) is 24.3 Å². The molecule has 1 aromatic heterocycles. The smallest absolute Gasteiger partial charge is 0.249 e. The molecule has 2 heterocycles. The summed E-state index contributed by atoms with van der Waals surface area (Å²) in [5.74, 6) is -0.0378. The number of nitrogens with one attached hydrogen (secondary N) is 1. The summed E-state index contributed by atoms with van der Waals surface area (Å²) >= 11 is 0. The first-order valence-electron chi connectivity index (χ1n) is 7.74. The van der Waals surface area contributed by atoms with Crippen LogP contribution in [0.2, 0.25) is 0 Å². The molecule has 24 heavy (non-hydrogen) atoms. The van der Waals surface area contributed by atoms with Crippen molar-refractivity contribution < 1.29 is 9.53 Å². The minimum atomic E-state index is -0.348. The molecule has 1 aliphatic rings. The van der Waals surface area contributed by atoms with E-state index in [1.807, 2.05) is 24.3 Å². The second-order valence-corrected chi connectivity index (χ2v) is 5.59. The number of para-hydroxylation sites is 1. The summed E-state index contributed by atoms with van der Waals surface area (Å²) < 4.78 is 5.60. The Balaban J connectivity index is 0.00000144. The van der Waals surface area contributed by atoms with Crippen LogP contribution >= 0.6 is 24.8 Å². The predicted octanol–water partition coefficient (Wildman–Crippen LogP) is 2.24. The first kappa shape index (κ1) is 20.6. The number of amides is 1. The van der Waals surface area contributed by atoms with Crippen molar-refractivity contribution in [1.29, 1.82) is 0 Å². The van der Waals surface area contributed by atoms with Crippen molar-refractivity contribution in [3.63, 3.8) is 0 Å². The summed E-state index contributed by atoms with van der Waals surface area (Å²) in [5.41, 5.74) is 7.71. The Morgan fingerprint density at radius 2 is 2.04 bits per heavy atom. The lowest BCUT2D eigenvalue weighted by atomic mass is 10.1. The van der Waals surface area contributed by atoms with Crippen molar-refractivity contribution >= 4 is 41.6 Å². The predicted molar refractivity (Wildman–Crippen MR) is 99.9 cm³/mol. The van der Waals surface area contributed by atoms with Gasteiger partial charge in [0.1, 0.15) is 6.10 Å². The number of aromatic nitrogens is 1. The molecule has 0 spiro atoms. The number of nitrogens with zero attached hydrogens (tertiary/aromatic N) is 1. The van der Waals surface area contributed by atoms with Crippen molar-refractivity contribution in [1.82, 2.24) is 10.3 Å². The fourth-order valence-electron chi connectivity index (χ4n) is 2.88. The third kappa shape index (κ3) is 4.80. The van der Waals surface area contributed by atoms with Crippen LogP contribution in [-0.2, 0) is 16.0 Å². The van der Waals surface area contributed by atoms with Gasteiger partial charge >= 0.3 is 0 Å². The van der Waals surface area contributed by atoms with Crippen LogP contribution in [0.1, 0.15) is 18.4 Å². The third-order valence-electron chi connectivity index (χ3n) is 4.07. The summed E-state index contributed by atoms with van der Waals surface area (Å²) in [6, 6.07) is 10.1. The Morgan fingerprint density at radius 3 is 2.79 bits per heavy atom. The number of rotatable bonds is 5. The molecule has 0 radical (unpaired) electrons. The van der Waals surface area contributed by atoms with Gasteiger partial charge < -0.3 is 15.8 Å². The Bertz CT molecular complexity index is 664. The van der Waals surface area contributed by atoms with E-state index in [4.69, 9.17) is 10.5 Å². The maximum absolute atomic E-state index is 12.1. The van der Waals surface area contributed by atoms with Crippen LogP contribution < -0.4 is 11.1 Å². The average molecular weight is 372 g/mol. The standard InChI is InChI=1S/C17H21N3O2.2ClH/c18-11-14-6-7-15(22-14)17(21)20-10-8-13-4-1-3-12-5-2-9-19-16(12)13;;/h1-5,9,14-15H,6-8,10-11,18H2,(H,20,21);2*1H/t14-,15+;;/m1../s1. The molecule has 132 valence electrons. The van der Waals surface area contributed by atoms with Gasteiger partial charge in [-0.2, -0.15) is 0 Å². The fourth-order valence-corrected chi connectivity index (χ4v) is 2.88. The molecule has 1 saturated heterocycles. The highest BCUT2D eigenvalue weighted by molar-refractivity contribution is 5.85. The largest absolute Gasteiger partial charge is 0.364 e. The summed E-state index contributed by atoms with van der Waals surface area (Å²) in [7, 11) is 0. The topological polar surface area (TPSA) is 77.2 Å². The zero-order chi connectivity index (χ0) is 15.4. The summed E-state index contributed by atoms with van der Waals surface area (Å²) in [6.45, 7) is 1.06. The van der Waals surface area contributed by atoms with Gasteiger partial charge in [-0.05, 0) is 30.9 Å². The van der Waals surface area contributed by atoms with Crippen LogP contribution in [0.4, 0.5) is 0 Å². The van der Waals surface area contributed by atoms with Crippen LogP contribution in [0.15, 0.2) is 36.5 Å². The van der Waals surface area contributed by atoms with Crippen LogP contribution in [-0.4, -0.2) is 36.2 Å². The molecule has 1 aromatic carbocycles. The molecule has 5 nitrogen and oxygen atoms in total. The van der Waals surface area contributed by atoms with Gasteiger partial charge in [0, 0.05) is 24.7 Å². The molecule has 1 aliphatic heterocycles. The fraction of sp³-hybridized carbons (Fsp3) is 0.412. The molecular formula is C17H23Cl2N3O2. The lowest BCUT2D eigenvalue weighted by Crippen LogP contribution is -2.36. The summed E-state index contributed by atoms with van der Waals surface area (Å²) in [4.78, 5) is 16.5. The molecule has 7 heteroatoms. The van der Waals surface area contributed by atoms with Gasteiger partial charge in [0.15, 0.2) is 0 Å². The molecule has 3 rings (SSSR count). The van der Waals surface area contributed by atoms with Crippen molar-refractivity contribution in [3.05, 3.63) is 42.1 Å². The van der Waals surface area contributed by atoms with Crippen LogP contribution in [0.5, 0.6) is 0 Å². The van der Waals surface area contributed by atoms with Crippen LogP contribution in [0.3, 0.4) is 0 Å². The second kappa shape index (κ2) is 9.79. The number of carbonyl (C=O) groups is 1. The van der Waals surface area contributed by atoms with Crippen molar-refractivity contribution in [2.45, 2.75) is 31.5 Å². The molecule has 2 atom stereocenters. The lowest BCUT2D eigenvalue weighted by molar-refractivity contribution is -0.131. The quantitative estimate of drug-likeness (QED) is 0.844. The number of halogens is 2. The minimum absolute atomic E-state index is 0. The molecule has 0 saturated carbocycles. The van der Waals surface area contributed by atoms with E-state index in [1.54, 1.807) is 6.20 Å². The van der Waals surface area contributed by atoms with Gasteiger partial charge in [-0.3, -0.25) is 9.78 Å². The van der Waals surface area contributed by atoms with Crippen molar-refractivity contribution in [3.8, 4) is 0 Å². The Hall–Kier alpha value is -1.40. The van der Waals surface area contributed by atoms with Crippen molar-refractivity contribution in [2.75, 3.05) is 13.1 Å². The van der Waals surface area contributed by atoms with E-state index in [9.17, 15) is 4.79 Å². The van der Waals surface area contributed by atoms with E-state index >= 15 is 0 Å². The van der Waals surface area contributed by atoms with Gasteiger partial charge in [0.2, 0.25) is 5.91 Å². The molecule has 3 N–H and O–H groups in total. The number of hydrogen-bond donors (Lipinski definition) is 2. The maximum atomic E-state index is 12.1. The van der Waals surface area contributed by atoms with Gasteiger partial charge in [-0.25, -0.2) is 0 Å². The number of nitrogens with two attached hydrogens (primary N) is 1. The molecular weight excluding hydrogens is 349 g/mol. The Morgan fingerprint density at radius 1 is 1.25 bits per heavy atom. The van der Waals surface area contributed by atoms with E-state index in [0.717, 1.165) is 35.7 Å². The number of pyridine rings is 1. The van der Waals surface area contributed by atoms with Gasteiger partial charge in [0.25, 0.3) is 0 Å². The third-order valence-corrected chi connectivity index (χ3v) is 4.07. The first-order chi connectivity index (χ1) is 10.8. The number of benzene rings is 1. The number of carbonyl (C=O) groups excluding carboxylic acids is 1. The highest BCUT2D eigenvalue weighted by Gasteiger charge is 2.29. The first-order valence-corrected chi connectivity index (χ1v) is 7.74. The molecule has 1 amide bonds. The van der Waals surface area contributed by atoms with E-state index in [1.165, 1.54) is 0 Å². The van der Waals surface area contributed by atoms with E-state index in [0.29, 0.717) is 13.1 Å². The SMILES string of the molecule is Cl.Cl.NC[C@H]1CC[C@@H](C(=O)NCCc2cccc3cccnc23)O1. The molecule has 1 fully saturated rings. The zero-order valence-corrected chi connectivity index (χ0v) is 14.9. The number of hydrogen-bond acceptors (Lipinski definition) is 4. The zero-order valence-electron chi connectivity index (χ0n) is 13.3. The normalized spacial score (nSPS) is 19.4. The molecule has 0 bridgehead atoms. The number of fused-ring (bicyclic) bond motifs is 1. The van der Waals surface area contributed by atoms with Crippen molar-refractivity contribution in [2.24, 2.45) is 5.73 Å². The monoisotopic (exact) mass is 371 g/mol. The second-order valence-electron chi connectivity index (χ2n) is 5.59. The highest BCUT2D eigenvalue weighted by Crippen LogP contribution is 2.19. The average Bonchev–Trinajstić information content (AvgIpc) is 3.04. The Labute approximate surface area is 154 Å². The number of ether oxygens (including phenoxy) is 1. The molecule has 2 aromatic rings. The van der Waals surface area contributed by atoms with E-state index < -0.39 is 0 Å². The van der Waals surface area contributed by atoms with E-state index in [2.05, 4.69) is 16.4 Å². The summed E-state index contributed by atoms with van der Waals surface area (Å²) in [6.07, 6.45) is 3.85.